The standard InChI is InChI=1S/C10H14ClNO2S/c1-12(7-9(11)10(13)14)5-4-8-3-2-6-15-8/h2-3,6,9H,4-5,7H2,1H3,(H,13,14). The van der Waals surface area contributed by atoms with Crippen LogP contribution in [0.15, 0.2) is 17.5 Å². The summed E-state index contributed by atoms with van der Waals surface area (Å²) in [5, 5.41) is 9.84. The van der Waals surface area contributed by atoms with Crippen molar-refractivity contribution in [1.82, 2.24) is 4.90 Å². The molecule has 0 aliphatic rings. The first-order valence-electron chi connectivity index (χ1n) is 4.67. The molecule has 15 heavy (non-hydrogen) atoms. The van der Waals surface area contributed by atoms with Gasteiger partial charge in [0.25, 0.3) is 0 Å². The molecule has 0 aromatic carbocycles. The van der Waals surface area contributed by atoms with Gasteiger partial charge in [-0.15, -0.1) is 22.9 Å². The number of aliphatic carboxylic acids is 1. The first-order valence-corrected chi connectivity index (χ1v) is 5.99. The number of likely N-dealkylation sites (N-methyl/N-ethyl adjacent to an activating group) is 1. The smallest absolute Gasteiger partial charge is 0.322 e. The van der Waals surface area contributed by atoms with Crippen molar-refractivity contribution in [3.05, 3.63) is 22.4 Å². The average molecular weight is 248 g/mol. The number of halogens is 1. The Morgan fingerprint density at radius 2 is 2.47 bits per heavy atom. The van der Waals surface area contributed by atoms with E-state index in [1.54, 1.807) is 11.3 Å². The van der Waals surface area contributed by atoms with Crippen molar-refractivity contribution in [1.29, 1.82) is 0 Å². The summed E-state index contributed by atoms with van der Waals surface area (Å²) in [5.41, 5.74) is 0. The summed E-state index contributed by atoms with van der Waals surface area (Å²) in [4.78, 5) is 13.8. The number of carboxylic acids is 1. The molecule has 0 aliphatic carbocycles. The second kappa shape index (κ2) is 6.10. The van der Waals surface area contributed by atoms with Gasteiger partial charge in [0.05, 0.1) is 0 Å². The number of nitrogens with zero attached hydrogens (tertiary/aromatic N) is 1. The third kappa shape index (κ3) is 4.64. The second-order valence-electron chi connectivity index (χ2n) is 3.40. The van der Waals surface area contributed by atoms with Crippen LogP contribution in [0.4, 0.5) is 0 Å². The molecule has 84 valence electrons. The molecule has 1 N–H and O–H groups in total. The molecule has 0 fully saturated rings. The van der Waals surface area contributed by atoms with Crippen LogP contribution in [0.2, 0.25) is 0 Å². The van der Waals surface area contributed by atoms with E-state index in [0.717, 1.165) is 13.0 Å². The lowest BCUT2D eigenvalue weighted by atomic mass is 10.3. The average Bonchev–Trinajstić information content (AvgIpc) is 2.66. The van der Waals surface area contributed by atoms with Crippen molar-refractivity contribution >= 4 is 28.9 Å². The molecule has 1 aromatic heterocycles. The van der Waals surface area contributed by atoms with Crippen LogP contribution in [0.25, 0.3) is 0 Å². The summed E-state index contributed by atoms with van der Waals surface area (Å²) in [6.45, 7) is 1.21. The van der Waals surface area contributed by atoms with E-state index in [1.807, 2.05) is 23.4 Å². The topological polar surface area (TPSA) is 40.5 Å². The monoisotopic (exact) mass is 247 g/mol. The highest BCUT2D eigenvalue weighted by Gasteiger charge is 2.15. The van der Waals surface area contributed by atoms with Gasteiger partial charge in [0.1, 0.15) is 5.38 Å². The largest absolute Gasteiger partial charge is 0.480 e. The fourth-order valence-electron chi connectivity index (χ4n) is 1.20. The Labute approximate surface area is 98.3 Å². The minimum absolute atomic E-state index is 0.377. The molecule has 0 saturated heterocycles. The van der Waals surface area contributed by atoms with Gasteiger partial charge >= 0.3 is 5.97 Å². The van der Waals surface area contributed by atoms with Crippen molar-refractivity contribution in [3.8, 4) is 0 Å². The van der Waals surface area contributed by atoms with E-state index < -0.39 is 11.3 Å². The Kier molecular flexibility index (Phi) is 5.08. The number of hydrogen-bond acceptors (Lipinski definition) is 3. The molecule has 5 heteroatoms. The highest BCUT2D eigenvalue weighted by atomic mass is 35.5. The summed E-state index contributed by atoms with van der Waals surface area (Å²) in [6, 6.07) is 4.09. The van der Waals surface area contributed by atoms with E-state index in [0.29, 0.717) is 6.54 Å². The fraction of sp³-hybridized carbons (Fsp3) is 0.500. The van der Waals surface area contributed by atoms with Crippen LogP contribution in [-0.2, 0) is 11.2 Å². The van der Waals surface area contributed by atoms with Crippen LogP contribution >= 0.6 is 22.9 Å². The minimum atomic E-state index is -0.959. The van der Waals surface area contributed by atoms with Gasteiger partial charge in [-0.25, -0.2) is 0 Å². The Morgan fingerprint density at radius 1 is 1.73 bits per heavy atom. The number of rotatable bonds is 6. The van der Waals surface area contributed by atoms with Gasteiger partial charge in [0, 0.05) is 18.0 Å². The first-order chi connectivity index (χ1) is 7.09. The lowest BCUT2D eigenvalue weighted by Crippen LogP contribution is -2.32. The molecule has 1 heterocycles. The van der Waals surface area contributed by atoms with Gasteiger partial charge in [-0.05, 0) is 24.9 Å². The Balaban J connectivity index is 2.24. The molecule has 0 spiro atoms. The molecule has 3 nitrogen and oxygen atoms in total. The van der Waals surface area contributed by atoms with Crippen LogP contribution in [0.1, 0.15) is 4.88 Å². The van der Waals surface area contributed by atoms with Crippen molar-refractivity contribution < 1.29 is 9.90 Å². The van der Waals surface area contributed by atoms with E-state index in [2.05, 4.69) is 6.07 Å². The predicted octanol–water partition coefficient (Wildman–Crippen LogP) is 1.91. The molecular formula is C10H14ClNO2S. The third-order valence-electron chi connectivity index (χ3n) is 2.06. The zero-order valence-corrected chi connectivity index (χ0v) is 10.1. The number of carboxylic acid groups (broad SMARTS) is 1. The van der Waals surface area contributed by atoms with E-state index in [-0.39, 0.29) is 0 Å². The van der Waals surface area contributed by atoms with Crippen LogP contribution in [0.5, 0.6) is 0 Å². The molecule has 1 aromatic rings. The first kappa shape index (κ1) is 12.5. The number of hydrogen-bond donors (Lipinski definition) is 1. The van der Waals surface area contributed by atoms with Gasteiger partial charge in [-0.2, -0.15) is 0 Å². The normalized spacial score (nSPS) is 13.0. The second-order valence-corrected chi connectivity index (χ2v) is 4.96. The molecule has 0 saturated carbocycles. The third-order valence-corrected chi connectivity index (χ3v) is 3.32. The molecule has 0 aliphatic heterocycles. The maximum Gasteiger partial charge on any atom is 0.322 e. The fourth-order valence-corrected chi connectivity index (χ4v) is 2.13. The van der Waals surface area contributed by atoms with Gasteiger partial charge < -0.3 is 10.0 Å². The Morgan fingerprint density at radius 3 is 3.00 bits per heavy atom. The van der Waals surface area contributed by atoms with Gasteiger partial charge in [-0.1, -0.05) is 6.07 Å². The number of carbonyl (C=O) groups is 1. The number of alkyl halides is 1. The summed E-state index contributed by atoms with van der Waals surface area (Å²) in [7, 11) is 1.88. The van der Waals surface area contributed by atoms with Crippen LogP contribution in [0, 0.1) is 0 Å². The molecule has 0 amide bonds. The summed E-state index contributed by atoms with van der Waals surface area (Å²) >= 11 is 7.35. The Hall–Kier alpha value is -0.580. The minimum Gasteiger partial charge on any atom is -0.480 e. The van der Waals surface area contributed by atoms with Crippen molar-refractivity contribution in [2.24, 2.45) is 0 Å². The quantitative estimate of drug-likeness (QED) is 0.781. The SMILES string of the molecule is CN(CCc1cccs1)CC(Cl)C(=O)O. The Bertz CT molecular complexity index is 302. The van der Waals surface area contributed by atoms with Crippen LogP contribution in [-0.4, -0.2) is 41.5 Å². The zero-order valence-electron chi connectivity index (χ0n) is 8.52. The summed E-state index contributed by atoms with van der Waals surface area (Å²) < 4.78 is 0. The van der Waals surface area contributed by atoms with Crippen molar-refractivity contribution in [2.45, 2.75) is 11.8 Å². The van der Waals surface area contributed by atoms with E-state index in [9.17, 15) is 4.79 Å². The molecule has 1 rings (SSSR count). The molecule has 0 bridgehead atoms. The summed E-state index contributed by atoms with van der Waals surface area (Å²) in [6.07, 6.45) is 0.942. The lowest BCUT2D eigenvalue weighted by Gasteiger charge is -2.17. The number of thiophene rings is 1. The highest BCUT2D eigenvalue weighted by molar-refractivity contribution is 7.09. The predicted molar refractivity (Wildman–Crippen MR) is 62.8 cm³/mol. The molecule has 1 unspecified atom stereocenters. The van der Waals surface area contributed by atoms with Crippen LogP contribution in [0.3, 0.4) is 0 Å². The van der Waals surface area contributed by atoms with E-state index in [4.69, 9.17) is 16.7 Å². The maximum absolute atomic E-state index is 10.5. The van der Waals surface area contributed by atoms with Crippen molar-refractivity contribution in [3.63, 3.8) is 0 Å². The highest BCUT2D eigenvalue weighted by Crippen LogP contribution is 2.09. The lowest BCUT2D eigenvalue weighted by molar-refractivity contribution is -0.136. The van der Waals surface area contributed by atoms with Crippen LogP contribution < -0.4 is 0 Å². The zero-order chi connectivity index (χ0) is 11.3. The summed E-state index contributed by atoms with van der Waals surface area (Å²) in [5.74, 6) is -0.959. The molecular weight excluding hydrogens is 234 g/mol. The van der Waals surface area contributed by atoms with E-state index >= 15 is 0 Å². The van der Waals surface area contributed by atoms with Gasteiger partial charge in [0.2, 0.25) is 0 Å². The van der Waals surface area contributed by atoms with Gasteiger partial charge in [0.15, 0.2) is 0 Å². The molecule has 1 atom stereocenters. The molecule has 0 radical (unpaired) electrons. The maximum atomic E-state index is 10.5. The van der Waals surface area contributed by atoms with Crippen molar-refractivity contribution in [2.75, 3.05) is 20.1 Å². The van der Waals surface area contributed by atoms with E-state index in [1.165, 1.54) is 4.88 Å². The van der Waals surface area contributed by atoms with Gasteiger partial charge in [-0.3, -0.25) is 4.79 Å².